The van der Waals surface area contributed by atoms with E-state index in [4.69, 9.17) is 21.7 Å². The van der Waals surface area contributed by atoms with Crippen molar-refractivity contribution in [1.29, 1.82) is 0 Å². The zero-order chi connectivity index (χ0) is 39.7. The minimum Gasteiger partial charge on any atom is -0.493 e. The van der Waals surface area contributed by atoms with Crippen LogP contribution in [-0.2, 0) is 10.8 Å². The number of hydrogen-bond acceptors (Lipinski definition) is 5. The molecule has 4 aromatic carbocycles. The quantitative estimate of drug-likeness (QED) is 0.147. The summed E-state index contributed by atoms with van der Waals surface area (Å²) in [6.07, 6.45) is 15.8. The topological polar surface area (TPSA) is 134 Å². The molecule has 0 heterocycles. The number of carboxylic acid groups (broad SMARTS) is 1. The van der Waals surface area contributed by atoms with E-state index in [0.29, 0.717) is 34.3 Å². The maximum Gasteiger partial charge on any atom is 0.335 e. The smallest absolute Gasteiger partial charge is 0.335 e. The van der Waals surface area contributed by atoms with Crippen molar-refractivity contribution in [3.05, 3.63) is 131 Å². The standard InChI is InChI=1S/C24H27NO2.C24H26O3.C2H6.H3N/c2*25-22(26)19-6-8-21(9-7-19)27-16-23-11-17-10-18(12-23)14-24(13-17,15-23)20-4-2-1-3-5-20;1-2;/h1-9,17-18H,10-16H2,(H2,25,26);1-9,17-18H,10-16H2,(H,25,26);1-2H3;1H3/i;;1D;. The number of aromatic carboxylic acids is 1. The first-order valence-electron chi connectivity index (χ1n) is 21.6. The van der Waals surface area contributed by atoms with E-state index in [9.17, 15) is 9.59 Å². The van der Waals surface area contributed by atoms with Gasteiger partial charge in [-0.15, -0.1) is 0 Å². The number of primary amides is 1. The van der Waals surface area contributed by atoms with Gasteiger partial charge in [0.2, 0.25) is 5.91 Å². The van der Waals surface area contributed by atoms with Crippen molar-refractivity contribution in [2.75, 3.05) is 13.2 Å². The number of hydrogen-bond donors (Lipinski definition) is 3. The zero-order valence-electron chi connectivity index (χ0n) is 34.7. The molecule has 57 heavy (non-hydrogen) atoms. The first kappa shape index (κ1) is 39.2. The highest BCUT2D eigenvalue weighted by Gasteiger charge is 2.59. The minimum absolute atomic E-state index is 0. The van der Waals surface area contributed by atoms with Crippen LogP contribution in [0.25, 0.3) is 0 Å². The van der Waals surface area contributed by atoms with Crippen LogP contribution in [0.1, 0.15) is 124 Å². The Balaban J connectivity index is 0.000000163. The van der Waals surface area contributed by atoms with Crippen LogP contribution in [0.5, 0.6) is 11.5 Å². The van der Waals surface area contributed by atoms with E-state index < -0.39 is 11.9 Å². The van der Waals surface area contributed by atoms with Crippen molar-refractivity contribution >= 4 is 11.9 Å². The third-order valence-electron chi connectivity index (χ3n) is 14.5. The van der Waals surface area contributed by atoms with Gasteiger partial charge in [-0.1, -0.05) is 74.5 Å². The lowest BCUT2D eigenvalue weighted by atomic mass is 9.43. The summed E-state index contributed by atoms with van der Waals surface area (Å²) in [4.78, 5) is 22.3. The maximum absolute atomic E-state index is 11.3. The molecule has 8 bridgehead atoms. The summed E-state index contributed by atoms with van der Waals surface area (Å²) in [5.74, 6) is 3.65. The molecule has 4 aromatic rings. The van der Waals surface area contributed by atoms with Crippen LogP contribution in [0.2, 0.25) is 0 Å². The Morgan fingerprint density at radius 1 is 0.614 bits per heavy atom. The van der Waals surface area contributed by atoms with Crippen LogP contribution in [0.15, 0.2) is 109 Å². The summed E-state index contributed by atoms with van der Waals surface area (Å²) in [6, 6.07) is 36.4. The molecular weight excluding hydrogens is 709 g/mol. The zero-order valence-corrected chi connectivity index (χ0v) is 33.7. The summed E-state index contributed by atoms with van der Waals surface area (Å²) < 4.78 is 18.7. The van der Waals surface area contributed by atoms with Crippen molar-refractivity contribution in [2.45, 2.75) is 102 Å². The normalized spacial score (nSPS) is 32.3. The lowest BCUT2D eigenvalue weighted by Crippen LogP contribution is -2.55. The van der Waals surface area contributed by atoms with Gasteiger partial charge in [-0.2, -0.15) is 0 Å². The molecule has 0 saturated heterocycles. The molecule has 0 spiro atoms. The average Bonchev–Trinajstić information content (AvgIpc) is 3.20. The van der Waals surface area contributed by atoms with E-state index in [1.54, 1.807) is 43.3 Å². The fraction of sp³-hybridized carbons (Fsp3) is 0.480. The molecule has 8 fully saturated rings. The Bertz CT molecular complexity index is 1830. The number of carbonyl (C=O) groups is 2. The second-order valence-corrected chi connectivity index (χ2v) is 18.5. The van der Waals surface area contributed by atoms with Crippen molar-refractivity contribution in [3.8, 4) is 11.5 Å². The molecule has 12 rings (SSSR count). The molecule has 6 N–H and O–H groups in total. The molecule has 4 atom stereocenters. The second-order valence-electron chi connectivity index (χ2n) is 18.5. The number of amides is 1. The number of benzene rings is 4. The van der Waals surface area contributed by atoms with Crippen molar-refractivity contribution < 1.29 is 25.5 Å². The summed E-state index contributed by atoms with van der Waals surface area (Å²) >= 11 is 0. The first-order chi connectivity index (χ1) is 27.5. The van der Waals surface area contributed by atoms with Crippen molar-refractivity contribution in [3.63, 3.8) is 0 Å². The number of nitrogens with two attached hydrogens (primary N) is 1. The van der Waals surface area contributed by atoms with Crippen LogP contribution in [0.4, 0.5) is 0 Å². The van der Waals surface area contributed by atoms with Gasteiger partial charge >= 0.3 is 5.97 Å². The molecule has 8 aliphatic carbocycles. The van der Waals surface area contributed by atoms with E-state index in [1.807, 2.05) is 12.1 Å². The molecule has 302 valence electrons. The molecule has 8 aliphatic rings. The predicted octanol–water partition coefficient (Wildman–Crippen LogP) is 11.2. The summed E-state index contributed by atoms with van der Waals surface area (Å²) in [5.41, 5.74) is 10.5. The molecule has 0 aromatic heterocycles. The van der Waals surface area contributed by atoms with Crippen LogP contribution in [-0.4, -0.2) is 30.2 Å². The highest BCUT2D eigenvalue weighted by atomic mass is 16.5. The Morgan fingerprint density at radius 2 is 0.965 bits per heavy atom. The maximum atomic E-state index is 11.3. The van der Waals surface area contributed by atoms with Gasteiger partial charge in [-0.3, -0.25) is 4.79 Å². The fourth-order valence-corrected chi connectivity index (χ4v) is 13.4. The van der Waals surface area contributed by atoms with Gasteiger partial charge in [0.05, 0.1) is 18.8 Å². The molecule has 4 unspecified atom stereocenters. The van der Waals surface area contributed by atoms with E-state index in [1.165, 1.54) is 88.2 Å². The second kappa shape index (κ2) is 16.3. The Labute approximate surface area is 340 Å². The van der Waals surface area contributed by atoms with E-state index in [-0.39, 0.29) is 11.6 Å². The monoisotopic (exact) mass is 771 g/mol. The van der Waals surface area contributed by atoms with E-state index >= 15 is 0 Å². The number of rotatable bonds is 10. The van der Waals surface area contributed by atoms with Crippen LogP contribution in [0, 0.1) is 34.5 Å². The van der Waals surface area contributed by atoms with Gasteiger partial charge in [0.25, 0.3) is 0 Å². The molecule has 0 aliphatic heterocycles. The highest BCUT2D eigenvalue weighted by Crippen LogP contribution is 2.67. The average molecular weight is 772 g/mol. The van der Waals surface area contributed by atoms with Gasteiger partial charge in [0.1, 0.15) is 11.5 Å². The summed E-state index contributed by atoms with van der Waals surface area (Å²) in [7, 11) is 0. The number of carboxylic acids is 1. The molecule has 0 radical (unpaired) electrons. The van der Waals surface area contributed by atoms with Gasteiger partial charge in [0, 0.05) is 17.8 Å². The van der Waals surface area contributed by atoms with Gasteiger partial charge < -0.3 is 26.5 Å². The fourth-order valence-electron chi connectivity index (χ4n) is 13.4. The molecule has 7 nitrogen and oxygen atoms in total. The third-order valence-corrected chi connectivity index (χ3v) is 14.5. The first-order valence-corrected chi connectivity index (χ1v) is 20.9. The lowest BCUT2D eigenvalue weighted by Gasteiger charge is -2.62. The predicted molar refractivity (Wildman–Crippen MR) is 226 cm³/mol. The Hall–Kier alpha value is -4.62. The van der Waals surface area contributed by atoms with Crippen LogP contribution >= 0.6 is 0 Å². The van der Waals surface area contributed by atoms with E-state index in [2.05, 4.69) is 60.7 Å². The summed E-state index contributed by atoms with van der Waals surface area (Å²) in [6.45, 7) is 3.82. The van der Waals surface area contributed by atoms with Crippen molar-refractivity contribution in [2.24, 2.45) is 40.2 Å². The van der Waals surface area contributed by atoms with Crippen molar-refractivity contribution in [1.82, 2.24) is 6.15 Å². The minimum atomic E-state index is -0.896. The third kappa shape index (κ3) is 8.23. The van der Waals surface area contributed by atoms with Crippen LogP contribution < -0.4 is 21.4 Å². The molecule has 1 amide bonds. The SMILES string of the molecule is N.NC(=O)c1ccc(OCC23CC4CC(C2)CC(c2ccccc2)(C4)C3)cc1.O=C(O)c1ccc(OCC23CC4CC(C2)CC(c2ccccc2)(C4)C3)cc1.[2H]CC. The lowest BCUT2D eigenvalue weighted by molar-refractivity contribution is -0.0914. The highest BCUT2D eigenvalue weighted by molar-refractivity contribution is 5.92. The molecule has 7 heteroatoms. The van der Waals surface area contributed by atoms with Gasteiger partial charge in [-0.25, -0.2) is 4.79 Å². The van der Waals surface area contributed by atoms with Gasteiger partial charge in [-0.05, 0) is 171 Å². The molecular formula is C50H62N2O5. The van der Waals surface area contributed by atoms with Gasteiger partial charge in [0.15, 0.2) is 0 Å². The van der Waals surface area contributed by atoms with Crippen LogP contribution in [0.3, 0.4) is 0 Å². The number of ether oxygens (including phenoxy) is 2. The Kier molecular flexibility index (Phi) is 11.2. The molecule has 8 saturated carbocycles. The Morgan fingerprint density at radius 3 is 1.30 bits per heavy atom. The largest absolute Gasteiger partial charge is 0.493 e. The summed E-state index contributed by atoms with van der Waals surface area (Å²) in [5, 5.41) is 9.06. The van der Waals surface area contributed by atoms with E-state index in [0.717, 1.165) is 48.4 Å². The number of carbonyl (C=O) groups excluding carboxylic acids is 1.